The molecule has 7 heteroatoms. The SMILES string of the molecule is CNCc1cc(S(=O)(=O)Nc2cccnc2)ccc1F. The molecule has 0 unspecified atom stereocenters. The van der Waals surface area contributed by atoms with Crippen molar-refractivity contribution in [3.8, 4) is 0 Å². The van der Waals surface area contributed by atoms with Crippen LogP contribution in [-0.4, -0.2) is 20.4 Å². The van der Waals surface area contributed by atoms with Crippen molar-refractivity contribution in [3.63, 3.8) is 0 Å². The maximum Gasteiger partial charge on any atom is 0.261 e. The summed E-state index contributed by atoms with van der Waals surface area (Å²) in [6.45, 7) is 0.252. The van der Waals surface area contributed by atoms with E-state index in [4.69, 9.17) is 0 Å². The predicted molar refractivity (Wildman–Crippen MR) is 74.2 cm³/mol. The van der Waals surface area contributed by atoms with Crippen LogP contribution in [0.25, 0.3) is 0 Å². The third-order valence-electron chi connectivity index (χ3n) is 2.61. The number of aromatic nitrogens is 1. The van der Waals surface area contributed by atoms with Crippen LogP contribution in [0.3, 0.4) is 0 Å². The Kier molecular flexibility index (Phi) is 4.31. The molecule has 106 valence electrons. The summed E-state index contributed by atoms with van der Waals surface area (Å²) in [7, 11) is -2.09. The molecule has 0 bridgehead atoms. The minimum atomic E-state index is -3.76. The van der Waals surface area contributed by atoms with E-state index in [0.717, 1.165) is 6.07 Å². The Balaban J connectivity index is 2.32. The molecule has 0 aliphatic carbocycles. The van der Waals surface area contributed by atoms with Crippen molar-refractivity contribution in [2.24, 2.45) is 0 Å². The van der Waals surface area contributed by atoms with Gasteiger partial charge >= 0.3 is 0 Å². The summed E-state index contributed by atoms with van der Waals surface area (Å²) in [5.41, 5.74) is 0.647. The minimum Gasteiger partial charge on any atom is -0.316 e. The second-order valence-corrected chi connectivity index (χ2v) is 5.81. The highest BCUT2D eigenvalue weighted by molar-refractivity contribution is 7.92. The highest BCUT2D eigenvalue weighted by atomic mass is 32.2. The molecule has 2 N–H and O–H groups in total. The molecule has 2 aromatic rings. The molecule has 0 aliphatic heterocycles. The van der Waals surface area contributed by atoms with Crippen LogP contribution < -0.4 is 10.0 Å². The summed E-state index contributed by atoms with van der Waals surface area (Å²) in [5.74, 6) is -0.445. The van der Waals surface area contributed by atoms with Gasteiger partial charge in [-0.05, 0) is 37.4 Å². The summed E-state index contributed by atoms with van der Waals surface area (Å²) < 4.78 is 40.3. The second-order valence-electron chi connectivity index (χ2n) is 4.13. The molecule has 20 heavy (non-hydrogen) atoms. The van der Waals surface area contributed by atoms with Crippen molar-refractivity contribution in [1.82, 2.24) is 10.3 Å². The van der Waals surface area contributed by atoms with Crippen LogP contribution in [-0.2, 0) is 16.6 Å². The van der Waals surface area contributed by atoms with Crippen LogP contribution in [0.2, 0.25) is 0 Å². The van der Waals surface area contributed by atoms with Gasteiger partial charge in [0.15, 0.2) is 0 Å². The molecule has 1 aromatic heterocycles. The van der Waals surface area contributed by atoms with Crippen molar-refractivity contribution in [2.45, 2.75) is 11.4 Å². The number of hydrogen-bond donors (Lipinski definition) is 2. The van der Waals surface area contributed by atoms with E-state index in [2.05, 4.69) is 15.0 Å². The van der Waals surface area contributed by atoms with Gasteiger partial charge in [-0.15, -0.1) is 0 Å². The van der Waals surface area contributed by atoms with E-state index in [0.29, 0.717) is 11.3 Å². The van der Waals surface area contributed by atoms with Crippen LogP contribution in [0.15, 0.2) is 47.6 Å². The van der Waals surface area contributed by atoms with E-state index in [1.807, 2.05) is 0 Å². The molecule has 1 heterocycles. The highest BCUT2D eigenvalue weighted by Gasteiger charge is 2.16. The topological polar surface area (TPSA) is 71.1 Å². The second kappa shape index (κ2) is 5.98. The third kappa shape index (κ3) is 3.31. The molecule has 5 nitrogen and oxygen atoms in total. The van der Waals surface area contributed by atoms with E-state index < -0.39 is 15.8 Å². The lowest BCUT2D eigenvalue weighted by atomic mass is 10.2. The van der Waals surface area contributed by atoms with E-state index in [9.17, 15) is 12.8 Å². The molecule has 1 aromatic carbocycles. The van der Waals surface area contributed by atoms with Gasteiger partial charge in [0.05, 0.1) is 16.8 Å². The van der Waals surface area contributed by atoms with Crippen molar-refractivity contribution < 1.29 is 12.8 Å². The van der Waals surface area contributed by atoms with Crippen LogP contribution in [0, 0.1) is 5.82 Å². The molecule has 0 aliphatic rings. The Morgan fingerprint density at radius 1 is 1.30 bits per heavy atom. The van der Waals surface area contributed by atoms with Gasteiger partial charge in [0.2, 0.25) is 0 Å². The molecule has 0 atom stereocenters. The van der Waals surface area contributed by atoms with E-state index in [1.54, 1.807) is 25.4 Å². The molecule has 0 radical (unpaired) electrons. The van der Waals surface area contributed by atoms with Crippen molar-refractivity contribution >= 4 is 15.7 Å². The van der Waals surface area contributed by atoms with Crippen molar-refractivity contribution in [1.29, 1.82) is 0 Å². The number of pyridine rings is 1. The van der Waals surface area contributed by atoms with Gasteiger partial charge in [0.1, 0.15) is 5.82 Å². The molecular weight excluding hydrogens is 281 g/mol. The largest absolute Gasteiger partial charge is 0.316 e. The maximum absolute atomic E-state index is 13.5. The maximum atomic E-state index is 13.5. The van der Waals surface area contributed by atoms with Crippen LogP contribution in [0.5, 0.6) is 0 Å². The fraction of sp³-hybridized carbons (Fsp3) is 0.154. The van der Waals surface area contributed by atoms with Crippen LogP contribution in [0.4, 0.5) is 10.1 Å². The Hall–Kier alpha value is -1.99. The standard InChI is InChI=1S/C13H14FN3O2S/c1-15-8-10-7-12(4-5-13(10)14)20(18,19)17-11-3-2-6-16-9-11/h2-7,9,15,17H,8H2,1H3. The Labute approximate surface area is 116 Å². The van der Waals surface area contributed by atoms with Gasteiger partial charge in [-0.1, -0.05) is 0 Å². The molecule has 0 spiro atoms. The zero-order valence-electron chi connectivity index (χ0n) is 10.8. The molecule has 2 rings (SSSR count). The first-order valence-corrected chi connectivity index (χ1v) is 7.37. The lowest BCUT2D eigenvalue weighted by Gasteiger charge is -2.09. The first-order chi connectivity index (χ1) is 9.53. The molecule has 0 saturated carbocycles. The van der Waals surface area contributed by atoms with Gasteiger partial charge in [0.25, 0.3) is 10.0 Å². The lowest BCUT2D eigenvalue weighted by molar-refractivity contribution is 0.592. The van der Waals surface area contributed by atoms with Gasteiger partial charge in [-0.3, -0.25) is 9.71 Å². The number of nitrogens with zero attached hydrogens (tertiary/aromatic N) is 1. The Morgan fingerprint density at radius 3 is 2.75 bits per heavy atom. The minimum absolute atomic E-state index is 0.00741. The van der Waals surface area contributed by atoms with E-state index in [-0.39, 0.29) is 11.4 Å². The van der Waals surface area contributed by atoms with Crippen LogP contribution >= 0.6 is 0 Å². The number of nitrogens with one attached hydrogen (secondary N) is 2. The van der Waals surface area contributed by atoms with Crippen molar-refractivity contribution in [2.75, 3.05) is 11.8 Å². The molecule has 0 amide bonds. The summed E-state index contributed by atoms with van der Waals surface area (Å²) in [6, 6.07) is 6.89. The first kappa shape index (κ1) is 14.4. The fourth-order valence-corrected chi connectivity index (χ4v) is 2.77. The summed E-state index contributed by atoms with van der Waals surface area (Å²) >= 11 is 0. The first-order valence-electron chi connectivity index (χ1n) is 5.89. The Morgan fingerprint density at radius 2 is 2.10 bits per heavy atom. The average Bonchev–Trinajstić information content (AvgIpc) is 2.42. The fourth-order valence-electron chi connectivity index (χ4n) is 1.68. The van der Waals surface area contributed by atoms with Crippen molar-refractivity contribution in [3.05, 3.63) is 54.1 Å². The third-order valence-corrected chi connectivity index (χ3v) is 3.99. The number of halogens is 1. The number of anilines is 1. The van der Waals surface area contributed by atoms with Gasteiger partial charge in [-0.25, -0.2) is 12.8 Å². The molecular formula is C13H14FN3O2S. The van der Waals surface area contributed by atoms with Gasteiger partial charge < -0.3 is 5.32 Å². The smallest absolute Gasteiger partial charge is 0.261 e. The number of rotatable bonds is 5. The summed E-state index contributed by atoms with van der Waals surface area (Å²) in [4.78, 5) is 3.83. The monoisotopic (exact) mass is 295 g/mol. The van der Waals surface area contributed by atoms with E-state index in [1.165, 1.54) is 18.3 Å². The zero-order valence-corrected chi connectivity index (χ0v) is 11.6. The lowest BCUT2D eigenvalue weighted by Crippen LogP contribution is -2.14. The summed E-state index contributed by atoms with van der Waals surface area (Å²) in [5, 5.41) is 2.79. The number of sulfonamides is 1. The molecule has 0 saturated heterocycles. The normalized spacial score (nSPS) is 11.3. The van der Waals surface area contributed by atoms with Gasteiger partial charge in [0, 0.05) is 18.3 Å². The predicted octanol–water partition coefficient (Wildman–Crippen LogP) is 1.74. The number of benzene rings is 1. The molecule has 0 fully saturated rings. The summed E-state index contributed by atoms with van der Waals surface area (Å²) in [6.07, 6.45) is 2.94. The Bertz CT molecular complexity index is 690. The van der Waals surface area contributed by atoms with E-state index >= 15 is 0 Å². The average molecular weight is 295 g/mol. The quantitative estimate of drug-likeness (QED) is 0.881. The zero-order chi connectivity index (χ0) is 14.6. The van der Waals surface area contributed by atoms with Crippen LogP contribution in [0.1, 0.15) is 5.56 Å². The van der Waals surface area contributed by atoms with Gasteiger partial charge in [-0.2, -0.15) is 0 Å². The number of hydrogen-bond acceptors (Lipinski definition) is 4. The highest BCUT2D eigenvalue weighted by Crippen LogP contribution is 2.18.